The lowest BCUT2D eigenvalue weighted by Gasteiger charge is -2.22. The zero-order valence-corrected chi connectivity index (χ0v) is 14.4. The molecule has 1 rings (SSSR count). The standard InChI is InChI=1S/C17H27N3O3/c1-5-18-16(21)11-20(6-2)12-17(22)19-13(3)14-9-7-8-10-15(14)23-4/h7-10,13H,5-6,11-12H2,1-4H3,(H,18,21)(H,19,22). The third-order valence-electron chi connectivity index (χ3n) is 3.54. The largest absolute Gasteiger partial charge is 0.496 e. The van der Waals surface area contributed by atoms with Crippen molar-refractivity contribution < 1.29 is 14.3 Å². The number of hydrogen-bond acceptors (Lipinski definition) is 4. The Hall–Kier alpha value is -2.08. The van der Waals surface area contributed by atoms with E-state index >= 15 is 0 Å². The summed E-state index contributed by atoms with van der Waals surface area (Å²) in [5, 5.41) is 5.69. The summed E-state index contributed by atoms with van der Waals surface area (Å²) in [4.78, 5) is 25.6. The van der Waals surface area contributed by atoms with Crippen LogP contribution >= 0.6 is 0 Å². The van der Waals surface area contributed by atoms with Crippen molar-refractivity contribution in [1.29, 1.82) is 0 Å². The Morgan fingerprint density at radius 3 is 2.43 bits per heavy atom. The molecule has 1 aromatic carbocycles. The molecular formula is C17H27N3O3. The molecule has 0 saturated heterocycles. The number of para-hydroxylation sites is 1. The van der Waals surface area contributed by atoms with Crippen molar-refractivity contribution in [2.75, 3.05) is 33.3 Å². The maximum atomic E-state index is 12.2. The van der Waals surface area contributed by atoms with Gasteiger partial charge in [-0.3, -0.25) is 14.5 Å². The van der Waals surface area contributed by atoms with Gasteiger partial charge in [0.25, 0.3) is 0 Å². The average Bonchev–Trinajstić information content (AvgIpc) is 2.54. The number of hydrogen-bond donors (Lipinski definition) is 2. The molecule has 0 fully saturated rings. The van der Waals surface area contributed by atoms with Crippen LogP contribution in [0.5, 0.6) is 5.75 Å². The number of amides is 2. The van der Waals surface area contributed by atoms with Gasteiger partial charge in [0.05, 0.1) is 26.2 Å². The van der Waals surface area contributed by atoms with Gasteiger partial charge in [0.2, 0.25) is 11.8 Å². The molecule has 2 N–H and O–H groups in total. The molecule has 1 aromatic rings. The first-order valence-corrected chi connectivity index (χ1v) is 7.93. The smallest absolute Gasteiger partial charge is 0.234 e. The highest BCUT2D eigenvalue weighted by atomic mass is 16.5. The highest BCUT2D eigenvalue weighted by Crippen LogP contribution is 2.24. The summed E-state index contributed by atoms with van der Waals surface area (Å²) >= 11 is 0. The predicted octanol–water partition coefficient (Wildman–Crippen LogP) is 1.33. The zero-order chi connectivity index (χ0) is 17.2. The van der Waals surface area contributed by atoms with Crippen LogP contribution in [0.25, 0.3) is 0 Å². The minimum atomic E-state index is -0.165. The molecule has 0 heterocycles. The first-order valence-electron chi connectivity index (χ1n) is 7.93. The Morgan fingerprint density at radius 2 is 1.83 bits per heavy atom. The number of likely N-dealkylation sites (N-methyl/N-ethyl adjacent to an activating group) is 2. The molecule has 0 bridgehead atoms. The van der Waals surface area contributed by atoms with Crippen LogP contribution in [-0.4, -0.2) is 50.0 Å². The van der Waals surface area contributed by atoms with E-state index in [0.717, 1.165) is 11.3 Å². The van der Waals surface area contributed by atoms with Crippen LogP contribution in [0.3, 0.4) is 0 Å². The van der Waals surface area contributed by atoms with Gasteiger partial charge < -0.3 is 15.4 Å². The third kappa shape index (κ3) is 6.28. The van der Waals surface area contributed by atoms with Gasteiger partial charge in [0.1, 0.15) is 5.75 Å². The molecule has 0 aliphatic heterocycles. The van der Waals surface area contributed by atoms with E-state index in [-0.39, 0.29) is 30.9 Å². The fourth-order valence-corrected chi connectivity index (χ4v) is 2.33. The number of carbonyl (C=O) groups excluding carboxylic acids is 2. The van der Waals surface area contributed by atoms with Gasteiger partial charge in [-0.05, 0) is 26.5 Å². The summed E-state index contributed by atoms with van der Waals surface area (Å²) in [7, 11) is 1.61. The van der Waals surface area contributed by atoms with E-state index in [1.54, 1.807) is 12.0 Å². The molecule has 0 radical (unpaired) electrons. The van der Waals surface area contributed by atoms with Crippen molar-refractivity contribution in [1.82, 2.24) is 15.5 Å². The van der Waals surface area contributed by atoms with Crippen molar-refractivity contribution in [2.45, 2.75) is 26.8 Å². The number of ether oxygens (including phenoxy) is 1. The highest BCUT2D eigenvalue weighted by molar-refractivity contribution is 5.81. The SMILES string of the molecule is CCNC(=O)CN(CC)CC(=O)NC(C)c1ccccc1OC. The summed E-state index contributed by atoms with van der Waals surface area (Å²) < 4.78 is 5.32. The maximum absolute atomic E-state index is 12.2. The minimum Gasteiger partial charge on any atom is -0.496 e. The maximum Gasteiger partial charge on any atom is 0.234 e. The number of benzene rings is 1. The summed E-state index contributed by atoms with van der Waals surface area (Å²) in [5.41, 5.74) is 0.926. The van der Waals surface area contributed by atoms with E-state index in [1.807, 2.05) is 45.0 Å². The van der Waals surface area contributed by atoms with Crippen molar-refractivity contribution in [3.63, 3.8) is 0 Å². The molecule has 128 valence electrons. The number of methoxy groups -OCH3 is 1. The van der Waals surface area contributed by atoms with Crippen molar-refractivity contribution in [3.8, 4) is 5.75 Å². The Bertz CT molecular complexity index is 520. The summed E-state index contributed by atoms with van der Waals surface area (Å²) in [6.07, 6.45) is 0. The van der Waals surface area contributed by atoms with Crippen LogP contribution in [-0.2, 0) is 9.59 Å². The fourth-order valence-electron chi connectivity index (χ4n) is 2.33. The zero-order valence-electron chi connectivity index (χ0n) is 14.4. The molecule has 0 aliphatic rings. The predicted molar refractivity (Wildman–Crippen MR) is 90.3 cm³/mol. The molecule has 0 spiro atoms. The van der Waals surface area contributed by atoms with Crippen molar-refractivity contribution in [3.05, 3.63) is 29.8 Å². The van der Waals surface area contributed by atoms with Crippen LogP contribution in [0.15, 0.2) is 24.3 Å². The van der Waals surface area contributed by atoms with Gasteiger partial charge in [0.15, 0.2) is 0 Å². The lowest BCUT2D eigenvalue weighted by molar-refractivity contribution is -0.125. The van der Waals surface area contributed by atoms with Crippen LogP contribution in [0, 0.1) is 0 Å². The number of carbonyl (C=O) groups is 2. The van der Waals surface area contributed by atoms with Crippen molar-refractivity contribution >= 4 is 11.8 Å². The number of rotatable bonds is 9. The molecule has 6 heteroatoms. The Labute approximate surface area is 138 Å². The van der Waals surface area contributed by atoms with Gasteiger partial charge in [-0.15, -0.1) is 0 Å². The van der Waals surface area contributed by atoms with E-state index in [1.165, 1.54) is 0 Å². The van der Waals surface area contributed by atoms with Gasteiger partial charge in [-0.25, -0.2) is 0 Å². The molecule has 2 amide bonds. The lowest BCUT2D eigenvalue weighted by Crippen LogP contribution is -2.43. The normalized spacial score (nSPS) is 11.9. The van der Waals surface area contributed by atoms with Crippen LogP contribution in [0.1, 0.15) is 32.4 Å². The molecule has 0 saturated carbocycles. The molecule has 0 aromatic heterocycles. The summed E-state index contributed by atoms with van der Waals surface area (Å²) in [6, 6.07) is 7.43. The second-order valence-electron chi connectivity index (χ2n) is 5.29. The van der Waals surface area contributed by atoms with E-state index in [9.17, 15) is 9.59 Å². The molecule has 1 unspecified atom stereocenters. The molecule has 6 nitrogen and oxygen atoms in total. The first-order chi connectivity index (χ1) is 11.0. The topological polar surface area (TPSA) is 70.7 Å². The minimum absolute atomic E-state index is 0.0695. The monoisotopic (exact) mass is 321 g/mol. The number of nitrogens with zero attached hydrogens (tertiary/aromatic N) is 1. The Balaban J connectivity index is 2.58. The first kappa shape index (κ1) is 19.0. The summed E-state index contributed by atoms with van der Waals surface area (Å²) in [6.45, 7) is 7.34. The highest BCUT2D eigenvalue weighted by Gasteiger charge is 2.16. The van der Waals surface area contributed by atoms with E-state index < -0.39 is 0 Å². The quantitative estimate of drug-likeness (QED) is 0.720. The lowest BCUT2D eigenvalue weighted by atomic mass is 10.1. The van der Waals surface area contributed by atoms with Gasteiger partial charge in [-0.2, -0.15) is 0 Å². The van der Waals surface area contributed by atoms with Gasteiger partial charge in [0, 0.05) is 12.1 Å². The van der Waals surface area contributed by atoms with E-state index in [2.05, 4.69) is 10.6 Å². The Morgan fingerprint density at radius 1 is 1.17 bits per heavy atom. The van der Waals surface area contributed by atoms with Crippen molar-refractivity contribution in [2.24, 2.45) is 0 Å². The molecule has 1 atom stereocenters. The van der Waals surface area contributed by atoms with E-state index in [4.69, 9.17) is 4.74 Å². The molecular weight excluding hydrogens is 294 g/mol. The van der Waals surface area contributed by atoms with Crippen LogP contribution < -0.4 is 15.4 Å². The number of nitrogens with one attached hydrogen (secondary N) is 2. The fraction of sp³-hybridized carbons (Fsp3) is 0.529. The summed E-state index contributed by atoms with van der Waals surface area (Å²) in [5.74, 6) is 0.560. The molecule has 23 heavy (non-hydrogen) atoms. The van der Waals surface area contributed by atoms with Gasteiger partial charge in [-0.1, -0.05) is 25.1 Å². The van der Waals surface area contributed by atoms with Gasteiger partial charge >= 0.3 is 0 Å². The molecule has 0 aliphatic carbocycles. The average molecular weight is 321 g/mol. The third-order valence-corrected chi connectivity index (χ3v) is 3.54. The Kier molecular flexibility index (Phi) is 8.11. The van der Waals surface area contributed by atoms with Crippen LogP contribution in [0.4, 0.5) is 0 Å². The second-order valence-corrected chi connectivity index (χ2v) is 5.29. The van der Waals surface area contributed by atoms with Crippen LogP contribution in [0.2, 0.25) is 0 Å². The second kappa shape index (κ2) is 9.84. The van der Waals surface area contributed by atoms with E-state index in [0.29, 0.717) is 13.1 Å².